The largest absolute Gasteiger partial charge is 0.320 e. The Hall–Kier alpha value is -3.36. The number of anilines is 1. The van der Waals surface area contributed by atoms with E-state index in [4.69, 9.17) is 0 Å². The number of carbonyl (C=O) groups is 1. The van der Waals surface area contributed by atoms with Crippen molar-refractivity contribution in [3.8, 4) is 11.1 Å². The molecule has 1 fully saturated rings. The highest BCUT2D eigenvalue weighted by Gasteiger charge is 2.37. The molecule has 2 aromatic heterocycles. The van der Waals surface area contributed by atoms with Crippen LogP contribution in [0.5, 0.6) is 0 Å². The molecule has 1 aliphatic carbocycles. The van der Waals surface area contributed by atoms with Gasteiger partial charge in [0, 0.05) is 54.9 Å². The second-order valence-electron chi connectivity index (χ2n) is 9.31. The van der Waals surface area contributed by atoms with E-state index in [-0.39, 0.29) is 54.0 Å². The van der Waals surface area contributed by atoms with E-state index in [0.717, 1.165) is 18.2 Å². The highest BCUT2D eigenvalue weighted by molar-refractivity contribution is 6.06. The van der Waals surface area contributed by atoms with E-state index in [9.17, 15) is 22.4 Å². The van der Waals surface area contributed by atoms with Gasteiger partial charge in [0.05, 0.1) is 16.9 Å². The molecule has 0 atom stereocenters. The maximum atomic E-state index is 14.7. The summed E-state index contributed by atoms with van der Waals surface area (Å²) in [5, 5.41) is 2.76. The number of hydrogen-bond acceptors (Lipinski definition) is 4. The average Bonchev–Trinajstić information content (AvgIpc) is 2.81. The lowest BCUT2D eigenvalue weighted by Gasteiger charge is -2.29. The Labute approximate surface area is 201 Å². The van der Waals surface area contributed by atoms with Crippen LogP contribution in [0.1, 0.15) is 67.3 Å². The molecule has 0 spiro atoms. The summed E-state index contributed by atoms with van der Waals surface area (Å²) < 4.78 is 56.3. The number of aromatic nitrogens is 3. The molecular weight excluding hydrogens is 460 g/mol. The quantitative estimate of drug-likeness (QED) is 0.401. The first kappa shape index (κ1) is 24.8. The Kier molecular flexibility index (Phi) is 7.14. The number of benzene rings is 1. The smallest absolute Gasteiger partial charge is 0.258 e. The van der Waals surface area contributed by atoms with Crippen molar-refractivity contribution in [2.75, 3.05) is 5.32 Å². The van der Waals surface area contributed by atoms with Crippen molar-refractivity contribution in [3.63, 3.8) is 0 Å². The third-order valence-corrected chi connectivity index (χ3v) is 6.10. The fourth-order valence-corrected chi connectivity index (χ4v) is 4.29. The van der Waals surface area contributed by atoms with Crippen LogP contribution in [-0.4, -0.2) is 26.8 Å². The molecule has 0 radical (unpaired) electrons. The van der Waals surface area contributed by atoms with Crippen molar-refractivity contribution >= 4 is 11.6 Å². The van der Waals surface area contributed by atoms with Crippen LogP contribution in [0, 0.1) is 17.6 Å². The number of hydrogen-bond donors (Lipinski definition) is 1. The van der Waals surface area contributed by atoms with E-state index in [0.29, 0.717) is 23.9 Å². The monoisotopic (exact) mass is 486 g/mol. The van der Waals surface area contributed by atoms with E-state index >= 15 is 0 Å². The summed E-state index contributed by atoms with van der Waals surface area (Å²) in [6.45, 7) is 4.06. The molecule has 1 N–H and O–H groups in total. The Bertz CT molecular complexity index is 1200. The fraction of sp³-hybridized carbons (Fsp3) is 0.385. The fourth-order valence-electron chi connectivity index (χ4n) is 4.29. The lowest BCUT2D eigenvalue weighted by atomic mass is 9.83. The summed E-state index contributed by atoms with van der Waals surface area (Å²) in [5.74, 6) is -4.07. The molecule has 0 saturated heterocycles. The summed E-state index contributed by atoms with van der Waals surface area (Å²) in [6, 6.07) is 4.50. The van der Waals surface area contributed by atoms with Crippen molar-refractivity contribution in [2.24, 2.45) is 5.92 Å². The van der Waals surface area contributed by atoms with E-state index in [1.165, 1.54) is 24.7 Å². The predicted octanol–water partition coefficient (Wildman–Crippen LogP) is 6.56. The van der Waals surface area contributed by atoms with Gasteiger partial charge in [0.1, 0.15) is 17.5 Å². The zero-order valence-electron chi connectivity index (χ0n) is 19.5. The Morgan fingerprint density at radius 2 is 1.74 bits per heavy atom. The molecule has 1 amide bonds. The molecule has 5 nitrogen and oxygen atoms in total. The first-order valence-electron chi connectivity index (χ1n) is 11.6. The Balaban J connectivity index is 1.72. The van der Waals surface area contributed by atoms with Crippen LogP contribution in [0.2, 0.25) is 0 Å². The predicted molar refractivity (Wildman–Crippen MR) is 124 cm³/mol. The molecule has 3 aromatic rings. The molecule has 1 aliphatic rings. The molecule has 1 saturated carbocycles. The molecule has 0 bridgehead atoms. The van der Waals surface area contributed by atoms with Crippen LogP contribution in [-0.2, 0) is 6.42 Å². The van der Waals surface area contributed by atoms with Crippen LogP contribution in [0.4, 0.5) is 23.2 Å². The van der Waals surface area contributed by atoms with Gasteiger partial charge in [-0.2, -0.15) is 0 Å². The van der Waals surface area contributed by atoms with Gasteiger partial charge in [0.15, 0.2) is 0 Å². The standard InChI is InChI=1S/C26H26F4N4O/c1-15(2)11-22-32-13-17(14-33-22)25(35)34-24-19(20-12-18(27)3-4-21(20)28)7-10-31-23(24)16-5-8-26(29,30)9-6-16/h3-4,7,10,12-16H,5-6,8-9,11H2,1-2H3,(H,34,35). The lowest BCUT2D eigenvalue weighted by molar-refractivity contribution is -0.0384. The van der Waals surface area contributed by atoms with E-state index in [2.05, 4.69) is 20.3 Å². The van der Waals surface area contributed by atoms with Crippen LogP contribution in [0.3, 0.4) is 0 Å². The van der Waals surface area contributed by atoms with Crippen LogP contribution >= 0.6 is 0 Å². The normalized spacial score (nSPS) is 15.9. The topological polar surface area (TPSA) is 67.8 Å². The average molecular weight is 487 g/mol. The molecule has 184 valence electrons. The molecule has 2 heterocycles. The van der Waals surface area contributed by atoms with Crippen LogP contribution in [0.15, 0.2) is 42.9 Å². The van der Waals surface area contributed by atoms with Crippen LogP contribution < -0.4 is 5.32 Å². The summed E-state index contributed by atoms with van der Waals surface area (Å²) in [7, 11) is 0. The van der Waals surface area contributed by atoms with E-state index in [1.54, 1.807) is 0 Å². The van der Waals surface area contributed by atoms with Crippen molar-refractivity contribution in [1.82, 2.24) is 15.0 Å². The van der Waals surface area contributed by atoms with Gasteiger partial charge in [-0.15, -0.1) is 0 Å². The number of carbonyl (C=O) groups excluding carboxylic acids is 1. The molecule has 9 heteroatoms. The number of halogens is 4. The molecule has 4 rings (SSSR count). The number of alkyl halides is 2. The number of pyridine rings is 1. The van der Waals surface area contributed by atoms with Crippen molar-refractivity contribution < 1.29 is 22.4 Å². The van der Waals surface area contributed by atoms with E-state index < -0.39 is 23.5 Å². The zero-order valence-corrected chi connectivity index (χ0v) is 19.5. The van der Waals surface area contributed by atoms with Crippen molar-refractivity contribution in [1.29, 1.82) is 0 Å². The first-order valence-corrected chi connectivity index (χ1v) is 11.6. The maximum absolute atomic E-state index is 14.7. The number of nitrogens with zero attached hydrogens (tertiary/aromatic N) is 3. The minimum Gasteiger partial charge on any atom is -0.320 e. The highest BCUT2D eigenvalue weighted by atomic mass is 19.3. The van der Waals surface area contributed by atoms with E-state index in [1.807, 2.05) is 13.8 Å². The van der Waals surface area contributed by atoms with Gasteiger partial charge in [-0.1, -0.05) is 13.8 Å². The zero-order chi connectivity index (χ0) is 25.2. The second kappa shape index (κ2) is 10.1. The number of amides is 1. The number of rotatable bonds is 6. The van der Waals surface area contributed by atoms with Gasteiger partial charge in [-0.3, -0.25) is 9.78 Å². The summed E-state index contributed by atoms with van der Waals surface area (Å²) >= 11 is 0. The number of nitrogens with one attached hydrogen (secondary N) is 1. The first-order chi connectivity index (χ1) is 16.6. The third-order valence-electron chi connectivity index (χ3n) is 6.10. The Morgan fingerprint density at radius 1 is 1.06 bits per heavy atom. The highest BCUT2D eigenvalue weighted by Crippen LogP contribution is 2.44. The van der Waals surface area contributed by atoms with Crippen molar-refractivity contribution in [3.05, 3.63) is 71.6 Å². The molecular formula is C26H26F4N4O. The van der Waals surface area contributed by atoms with Gasteiger partial charge >= 0.3 is 0 Å². The van der Waals surface area contributed by atoms with Crippen LogP contribution in [0.25, 0.3) is 11.1 Å². The van der Waals surface area contributed by atoms with Gasteiger partial charge in [0.25, 0.3) is 5.91 Å². The third kappa shape index (κ3) is 5.83. The minimum absolute atomic E-state index is 0.0615. The van der Waals surface area contributed by atoms with Gasteiger partial charge in [-0.25, -0.2) is 27.5 Å². The molecule has 1 aromatic carbocycles. The molecule has 0 aliphatic heterocycles. The summed E-state index contributed by atoms with van der Waals surface area (Å²) in [6.07, 6.45) is 4.58. The molecule has 35 heavy (non-hydrogen) atoms. The SMILES string of the molecule is CC(C)Cc1ncc(C(=O)Nc2c(-c3cc(F)ccc3F)ccnc2C2CCC(F)(F)CC2)cn1. The molecule has 0 unspecified atom stereocenters. The second-order valence-corrected chi connectivity index (χ2v) is 9.31. The van der Waals surface area contributed by atoms with Crippen molar-refractivity contribution in [2.45, 2.75) is 57.8 Å². The lowest BCUT2D eigenvalue weighted by Crippen LogP contribution is -2.25. The van der Waals surface area contributed by atoms with Gasteiger partial charge in [-0.05, 0) is 43.0 Å². The van der Waals surface area contributed by atoms with Gasteiger partial charge in [0.2, 0.25) is 5.92 Å². The summed E-state index contributed by atoms with van der Waals surface area (Å²) in [4.78, 5) is 26.0. The minimum atomic E-state index is -2.75. The Morgan fingerprint density at radius 3 is 2.40 bits per heavy atom. The van der Waals surface area contributed by atoms with Gasteiger partial charge < -0.3 is 5.32 Å². The summed E-state index contributed by atoms with van der Waals surface area (Å²) in [5.41, 5.74) is 0.868. The maximum Gasteiger partial charge on any atom is 0.258 e.